The number of aromatic nitrogens is 1. The van der Waals surface area contributed by atoms with Crippen LogP contribution in [0.4, 0.5) is 0 Å². The summed E-state index contributed by atoms with van der Waals surface area (Å²) in [5.41, 5.74) is 2.20. The summed E-state index contributed by atoms with van der Waals surface area (Å²) in [6.07, 6.45) is 2.31. The number of hydrogen-bond acceptors (Lipinski definition) is 3. The molecular weight excluding hydrogens is 212 g/mol. The fraction of sp³-hybridized carbons (Fsp3) is 0.357. The Kier molecular flexibility index (Phi) is 2.92. The van der Waals surface area contributed by atoms with E-state index in [4.69, 9.17) is 4.52 Å². The maximum atomic E-state index is 5.43. The highest BCUT2D eigenvalue weighted by Gasteiger charge is 2.19. The second-order valence-electron chi connectivity index (χ2n) is 4.51. The van der Waals surface area contributed by atoms with Gasteiger partial charge < -0.3 is 9.84 Å². The highest BCUT2D eigenvalue weighted by molar-refractivity contribution is 5.57. The van der Waals surface area contributed by atoms with Crippen LogP contribution in [0.1, 0.15) is 24.5 Å². The van der Waals surface area contributed by atoms with Gasteiger partial charge in [0.2, 0.25) is 0 Å². The molecule has 0 aliphatic carbocycles. The lowest BCUT2D eigenvalue weighted by Crippen LogP contribution is -2.26. The number of piperidine rings is 1. The highest BCUT2D eigenvalue weighted by atomic mass is 16.5. The van der Waals surface area contributed by atoms with E-state index in [1.807, 2.05) is 30.3 Å². The van der Waals surface area contributed by atoms with Crippen molar-refractivity contribution in [2.45, 2.75) is 18.8 Å². The molecule has 1 fully saturated rings. The Balaban J connectivity index is 1.83. The van der Waals surface area contributed by atoms with Crippen LogP contribution in [0.2, 0.25) is 0 Å². The Hall–Kier alpha value is -1.61. The molecular formula is C14H16N2O. The molecule has 0 unspecified atom stereocenters. The monoisotopic (exact) mass is 228 g/mol. The topological polar surface area (TPSA) is 38.1 Å². The Morgan fingerprint density at radius 2 is 1.88 bits per heavy atom. The first-order valence-electron chi connectivity index (χ1n) is 6.16. The normalized spacial score (nSPS) is 17.2. The molecule has 3 nitrogen and oxygen atoms in total. The van der Waals surface area contributed by atoms with Crippen LogP contribution in [0.5, 0.6) is 0 Å². The summed E-state index contributed by atoms with van der Waals surface area (Å²) in [6, 6.07) is 12.2. The van der Waals surface area contributed by atoms with Crippen LogP contribution in [-0.2, 0) is 0 Å². The van der Waals surface area contributed by atoms with Crippen molar-refractivity contribution in [2.75, 3.05) is 13.1 Å². The standard InChI is InChI=1S/C14H16N2O/c1-2-4-12(5-3-1)14-10-13(16-17-14)11-6-8-15-9-7-11/h1-5,10-11,15H,6-9H2. The molecule has 0 amide bonds. The SMILES string of the molecule is c1ccc(-c2cc(C3CCNCC3)no2)cc1. The molecule has 1 N–H and O–H groups in total. The Morgan fingerprint density at radius 1 is 1.12 bits per heavy atom. The van der Waals surface area contributed by atoms with Gasteiger partial charge >= 0.3 is 0 Å². The molecule has 3 heteroatoms. The highest BCUT2D eigenvalue weighted by Crippen LogP contribution is 2.28. The maximum Gasteiger partial charge on any atom is 0.167 e. The van der Waals surface area contributed by atoms with Crippen molar-refractivity contribution >= 4 is 0 Å². The molecule has 0 radical (unpaired) electrons. The molecule has 1 aliphatic heterocycles. The lowest BCUT2D eigenvalue weighted by Gasteiger charge is -2.19. The van der Waals surface area contributed by atoms with Gasteiger partial charge in [-0.15, -0.1) is 0 Å². The Labute approximate surface area is 101 Å². The quantitative estimate of drug-likeness (QED) is 0.859. The third kappa shape index (κ3) is 2.24. The molecule has 1 aromatic heterocycles. The van der Waals surface area contributed by atoms with E-state index in [1.54, 1.807) is 0 Å². The number of nitrogens with zero attached hydrogens (tertiary/aromatic N) is 1. The first-order valence-corrected chi connectivity index (χ1v) is 6.16. The van der Waals surface area contributed by atoms with Gasteiger partial charge in [0.15, 0.2) is 5.76 Å². The van der Waals surface area contributed by atoms with Crippen molar-refractivity contribution in [2.24, 2.45) is 0 Å². The van der Waals surface area contributed by atoms with Gasteiger partial charge in [0.05, 0.1) is 5.69 Å². The van der Waals surface area contributed by atoms with E-state index in [2.05, 4.69) is 16.5 Å². The van der Waals surface area contributed by atoms with Crippen LogP contribution in [0.25, 0.3) is 11.3 Å². The van der Waals surface area contributed by atoms with Crippen LogP contribution < -0.4 is 5.32 Å². The van der Waals surface area contributed by atoms with Crippen molar-refractivity contribution in [3.05, 3.63) is 42.1 Å². The predicted octanol–water partition coefficient (Wildman–Crippen LogP) is 2.81. The second-order valence-corrected chi connectivity index (χ2v) is 4.51. The summed E-state index contributed by atoms with van der Waals surface area (Å²) in [7, 11) is 0. The largest absolute Gasteiger partial charge is 0.356 e. The van der Waals surface area contributed by atoms with Gasteiger partial charge in [-0.25, -0.2) is 0 Å². The van der Waals surface area contributed by atoms with Gasteiger partial charge in [0.1, 0.15) is 0 Å². The number of benzene rings is 1. The molecule has 0 spiro atoms. The summed E-state index contributed by atoms with van der Waals surface area (Å²) in [5, 5.41) is 7.58. The lowest BCUT2D eigenvalue weighted by molar-refractivity contribution is 0.392. The van der Waals surface area contributed by atoms with Crippen molar-refractivity contribution in [3.63, 3.8) is 0 Å². The summed E-state index contributed by atoms with van der Waals surface area (Å²) in [5.74, 6) is 1.43. The van der Waals surface area contributed by atoms with E-state index in [0.717, 1.165) is 42.9 Å². The molecule has 1 saturated heterocycles. The van der Waals surface area contributed by atoms with Crippen LogP contribution in [0, 0.1) is 0 Å². The molecule has 0 atom stereocenters. The predicted molar refractivity (Wildman–Crippen MR) is 66.8 cm³/mol. The van der Waals surface area contributed by atoms with Gasteiger partial charge in [-0.3, -0.25) is 0 Å². The fourth-order valence-corrected chi connectivity index (χ4v) is 2.34. The maximum absolute atomic E-state index is 5.43. The van der Waals surface area contributed by atoms with E-state index in [1.165, 1.54) is 0 Å². The molecule has 3 rings (SSSR count). The second kappa shape index (κ2) is 4.72. The van der Waals surface area contributed by atoms with E-state index in [9.17, 15) is 0 Å². The fourth-order valence-electron chi connectivity index (χ4n) is 2.34. The zero-order chi connectivity index (χ0) is 11.5. The molecule has 2 heterocycles. The van der Waals surface area contributed by atoms with E-state index >= 15 is 0 Å². The Bertz CT molecular complexity index is 472. The van der Waals surface area contributed by atoms with Gasteiger partial charge in [0, 0.05) is 17.5 Å². The molecule has 1 aromatic carbocycles. The van der Waals surface area contributed by atoms with Crippen molar-refractivity contribution in [1.29, 1.82) is 0 Å². The van der Waals surface area contributed by atoms with Gasteiger partial charge in [-0.05, 0) is 25.9 Å². The molecule has 0 bridgehead atoms. The Morgan fingerprint density at radius 3 is 2.65 bits per heavy atom. The molecule has 2 aromatic rings. The first-order chi connectivity index (χ1) is 8.43. The number of rotatable bonds is 2. The smallest absolute Gasteiger partial charge is 0.167 e. The third-order valence-corrected chi connectivity index (χ3v) is 3.34. The van der Waals surface area contributed by atoms with E-state index < -0.39 is 0 Å². The summed E-state index contributed by atoms with van der Waals surface area (Å²) >= 11 is 0. The van der Waals surface area contributed by atoms with Crippen LogP contribution in [0.3, 0.4) is 0 Å². The lowest BCUT2D eigenvalue weighted by atomic mass is 9.94. The summed E-state index contributed by atoms with van der Waals surface area (Å²) < 4.78 is 5.43. The van der Waals surface area contributed by atoms with Crippen LogP contribution in [0.15, 0.2) is 40.9 Å². The van der Waals surface area contributed by atoms with Crippen LogP contribution in [-0.4, -0.2) is 18.2 Å². The third-order valence-electron chi connectivity index (χ3n) is 3.34. The average molecular weight is 228 g/mol. The molecule has 88 valence electrons. The minimum atomic E-state index is 0.553. The number of nitrogens with one attached hydrogen (secondary N) is 1. The van der Waals surface area contributed by atoms with Gasteiger partial charge in [0.25, 0.3) is 0 Å². The minimum absolute atomic E-state index is 0.553. The zero-order valence-corrected chi connectivity index (χ0v) is 9.73. The number of hydrogen-bond donors (Lipinski definition) is 1. The van der Waals surface area contributed by atoms with Gasteiger partial charge in [-0.2, -0.15) is 0 Å². The average Bonchev–Trinajstić information content (AvgIpc) is 2.90. The van der Waals surface area contributed by atoms with Crippen LogP contribution >= 0.6 is 0 Å². The zero-order valence-electron chi connectivity index (χ0n) is 9.73. The molecule has 1 aliphatic rings. The molecule has 17 heavy (non-hydrogen) atoms. The molecule has 0 saturated carbocycles. The van der Waals surface area contributed by atoms with E-state index in [-0.39, 0.29) is 0 Å². The summed E-state index contributed by atoms with van der Waals surface area (Å²) in [6.45, 7) is 2.16. The van der Waals surface area contributed by atoms with E-state index in [0.29, 0.717) is 5.92 Å². The summed E-state index contributed by atoms with van der Waals surface area (Å²) in [4.78, 5) is 0. The minimum Gasteiger partial charge on any atom is -0.356 e. The van der Waals surface area contributed by atoms with Crippen molar-refractivity contribution in [3.8, 4) is 11.3 Å². The van der Waals surface area contributed by atoms with Crippen molar-refractivity contribution in [1.82, 2.24) is 10.5 Å². The van der Waals surface area contributed by atoms with Crippen molar-refractivity contribution < 1.29 is 4.52 Å². The first kappa shape index (κ1) is 10.5. The van der Waals surface area contributed by atoms with Gasteiger partial charge in [-0.1, -0.05) is 35.5 Å².